The molecule has 5 nitrogen and oxygen atoms in total. The largest absolute Gasteiger partial charge is 0.490 e. The van der Waals surface area contributed by atoms with Crippen molar-refractivity contribution in [3.8, 4) is 5.75 Å². The number of urea groups is 1. The van der Waals surface area contributed by atoms with Gasteiger partial charge < -0.3 is 15.0 Å². The van der Waals surface area contributed by atoms with E-state index in [2.05, 4.69) is 10.3 Å². The van der Waals surface area contributed by atoms with Crippen molar-refractivity contribution in [2.75, 3.05) is 20.2 Å². The van der Waals surface area contributed by atoms with Gasteiger partial charge in [-0.3, -0.25) is 4.98 Å². The number of amides is 2. The molecule has 1 unspecified atom stereocenters. The lowest BCUT2D eigenvalue weighted by molar-refractivity contribution is 0.199. The lowest BCUT2D eigenvalue weighted by Crippen LogP contribution is -2.39. The Balaban J connectivity index is 1.72. The normalized spacial score (nSPS) is 11.7. The predicted octanol–water partition coefficient (Wildman–Crippen LogP) is 3.70. The van der Waals surface area contributed by atoms with Crippen LogP contribution in [0.2, 0.25) is 0 Å². The molecule has 1 heterocycles. The zero-order valence-corrected chi connectivity index (χ0v) is 14.8. The quantitative estimate of drug-likeness (QED) is 0.779. The van der Waals surface area contributed by atoms with E-state index in [4.69, 9.17) is 4.74 Å². The van der Waals surface area contributed by atoms with Crippen molar-refractivity contribution in [2.24, 2.45) is 0 Å². The average Bonchev–Trinajstić information content (AvgIpc) is 2.60. The van der Waals surface area contributed by atoms with Crippen LogP contribution in [0.1, 0.15) is 30.6 Å². The number of pyridine rings is 1. The van der Waals surface area contributed by atoms with Crippen LogP contribution in [0, 0.1) is 12.7 Å². The summed E-state index contributed by atoms with van der Waals surface area (Å²) in [6.45, 7) is 4.69. The Kier molecular flexibility index (Phi) is 6.74. The molecular weight excluding hydrogens is 321 g/mol. The third-order valence-electron chi connectivity index (χ3n) is 3.85. The van der Waals surface area contributed by atoms with Crippen LogP contribution in [0.15, 0.2) is 42.6 Å². The van der Waals surface area contributed by atoms with E-state index >= 15 is 0 Å². The van der Waals surface area contributed by atoms with Crippen LogP contribution in [0.25, 0.3) is 0 Å². The van der Waals surface area contributed by atoms with Crippen LogP contribution in [-0.2, 0) is 0 Å². The first-order valence-electron chi connectivity index (χ1n) is 8.29. The second-order valence-corrected chi connectivity index (χ2v) is 5.96. The van der Waals surface area contributed by atoms with Crippen molar-refractivity contribution in [1.29, 1.82) is 0 Å². The molecule has 0 radical (unpaired) electrons. The van der Waals surface area contributed by atoms with Gasteiger partial charge in [0.2, 0.25) is 0 Å². The molecule has 2 aromatic rings. The monoisotopic (exact) mass is 345 g/mol. The second kappa shape index (κ2) is 9.01. The van der Waals surface area contributed by atoms with Gasteiger partial charge in [-0.2, -0.15) is 0 Å². The predicted molar refractivity (Wildman–Crippen MR) is 95.1 cm³/mol. The average molecular weight is 345 g/mol. The third-order valence-corrected chi connectivity index (χ3v) is 3.85. The highest BCUT2D eigenvalue weighted by molar-refractivity contribution is 5.74. The zero-order chi connectivity index (χ0) is 18.2. The number of nitrogens with one attached hydrogen (secondary N) is 1. The van der Waals surface area contributed by atoms with Crippen molar-refractivity contribution >= 4 is 6.03 Å². The number of aromatic nitrogens is 1. The number of para-hydroxylation sites is 1. The SMILES string of the molecule is Cc1ccc(C(C)NC(=O)N(C)CCCOc2ccccc2F)cn1. The molecule has 0 saturated heterocycles. The van der Waals surface area contributed by atoms with E-state index in [1.54, 1.807) is 36.3 Å². The van der Waals surface area contributed by atoms with Crippen LogP contribution in [0.4, 0.5) is 9.18 Å². The molecule has 2 rings (SSSR count). The number of carbonyl (C=O) groups is 1. The molecule has 1 aromatic heterocycles. The summed E-state index contributed by atoms with van der Waals surface area (Å²) in [7, 11) is 1.72. The number of benzene rings is 1. The number of hydrogen-bond donors (Lipinski definition) is 1. The maximum absolute atomic E-state index is 13.4. The first-order chi connectivity index (χ1) is 12.0. The van der Waals surface area contributed by atoms with Gasteiger partial charge in [-0.1, -0.05) is 18.2 Å². The van der Waals surface area contributed by atoms with Crippen molar-refractivity contribution in [1.82, 2.24) is 15.2 Å². The van der Waals surface area contributed by atoms with Gasteiger partial charge in [0.15, 0.2) is 11.6 Å². The van der Waals surface area contributed by atoms with Gasteiger partial charge in [-0.15, -0.1) is 0 Å². The number of aryl methyl sites for hydroxylation is 1. The van der Waals surface area contributed by atoms with E-state index in [1.165, 1.54) is 6.07 Å². The topological polar surface area (TPSA) is 54.5 Å². The third kappa shape index (κ3) is 5.74. The van der Waals surface area contributed by atoms with Crippen LogP contribution < -0.4 is 10.1 Å². The summed E-state index contributed by atoms with van der Waals surface area (Å²) >= 11 is 0. The second-order valence-electron chi connectivity index (χ2n) is 5.96. The fourth-order valence-corrected chi connectivity index (χ4v) is 2.26. The molecular formula is C19H24FN3O2. The number of carbonyl (C=O) groups excluding carboxylic acids is 1. The highest BCUT2D eigenvalue weighted by atomic mass is 19.1. The standard InChI is InChI=1S/C19H24FN3O2/c1-14-9-10-16(13-21-14)15(2)22-19(24)23(3)11-6-12-25-18-8-5-4-7-17(18)20/h4-5,7-10,13,15H,6,11-12H2,1-3H3,(H,22,24). The molecule has 0 aliphatic rings. The minimum atomic E-state index is -0.380. The summed E-state index contributed by atoms with van der Waals surface area (Å²) in [5, 5.41) is 2.93. The number of ether oxygens (including phenoxy) is 1. The Bertz CT molecular complexity index is 691. The van der Waals surface area contributed by atoms with E-state index in [-0.39, 0.29) is 23.6 Å². The minimum absolute atomic E-state index is 0.127. The van der Waals surface area contributed by atoms with Gasteiger partial charge in [0.1, 0.15) is 0 Å². The summed E-state index contributed by atoms with van der Waals surface area (Å²) in [5.74, 6) is -0.149. The molecule has 1 atom stereocenters. The summed E-state index contributed by atoms with van der Waals surface area (Å²) < 4.78 is 18.8. The Labute approximate surface area is 147 Å². The lowest BCUT2D eigenvalue weighted by atomic mass is 10.1. The van der Waals surface area contributed by atoms with Crippen molar-refractivity contribution in [3.05, 3.63) is 59.7 Å². The van der Waals surface area contributed by atoms with Crippen LogP contribution in [0.5, 0.6) is 5.75 Å². The van der Waals surface area contributed by atoms with E-state index < -0.39 is 0 Å². The molecule has 0 aliphatic heterocycles. The summed E-state index contributed by atoms with van der Waals surface area (Å²) in [6.07, 6.45) is 2.38. The summed E-state index contributed by atoms with van der Waals surface area (Å²) in [6, 6.07) is 9.86. The maximum Gasteiger partial charge on any atom is 0.317 e. The van der Waals surface area contributed by atoms with Gasteiger partial charge in [-0.25, -0.2) is 9.18 Å². The molecule has 2 amide bonds. The molecule has 1 N–H and O–H groups in total. The summed E-state index contributed by atoms with van der Waals surface area (Å²) in [4.78, 5) is 18.0. The van der Waals surface area contributed by atoms with E-state index in [0.29, 0.717) is 19.6 Å². The van der Waals surface area contributed by atoms with Crippen molar-refractivity contribution in [3.63, 3.8) is 0 Å². The van der Waals surface area contributed by atoms with Crippen molar-refractivity contribution in [2.45, 2.75) is 26.3 Å². The zero-order valence-electron chi connectivity index (χ0n) is 14.8. The van der Waals surface area contributed by atoms with Gasteiger partial charge in [0.25, 0.3) is 0 Å². The molecule has 0 aliphatic carbocycles. The number of nitrogens with zero attached hydrogens (tertiary/aromatic N) is 2. The first-order valence-corrected chi connectivity index (χ1v) is 8.29. The molecule has 0 saturated carbocycles. The first kappa shape index (κ1) is 18.7. The van der Waals surface area contributed by atoms with Gasteiger partial charge in [-0.05, 0) is 44.0 Å². The number of halogens is 1. The molecule has 134 valence electrons. The van der Waals surface area contributed by atoms with Gasteiger partial charge >= 0.3 is 6.03 Å². The van der Waals surface area contributed by atoms with Crippen molar-refractivity contribution < 1.29 is 13.9 Å². The molecule has 0 spiro atoms. The van der Waals surface area contributed by atoms with Crippen LogP contribution in [-0.4, -0.2) is 36.1 Å². The molecule has 1 aromatic carbocycles. The smallest absolute Gasteiger partial charge is 0.317 e. The lowest BCUT2D eigenvalue weighted by Gasteiger charge is -2.21. The van der Waals surface area contributed by atoms with Gasteiger partial charge in [0.05, 0.1) is 12.6 Å². The van der Waals surface area contributed by atoms with E-state index in [9.17, 15) is 9.18 Å². The molecule has 6 heteroatoms. The van der Waals surface area contributed by atoms with Crippen LogP contribution >= 0.6 is 0 Å². The van der Waals surface area contributed by atoms with E-state index in [0.717, 1.165) is 11.3 Å². The maximum atomic E-state index is 13.4. The number of rotatable bonds is 7. The Morgan fingerprint density at radius 2 is 2.08 bits per heavy atom. The Morgan fingerprint density at radius 3 is 2.76 bits per heavy atom. The van der Waals surface area contributed by atoms with Crippen LogP contribution in [0.3, 0.4) is 0 Å². The Hall–Kier alpha value is -2.63. The highest BCUT2D eigenvalue weighted by Crippen LogP contribution is 2.15. The summed E-state index contributed by atoms with van der Waals surface area (Å²) in [5.41, 5.74) is 1.89. The Morgan fingerprint density at radius 1 is 1.32 bits per heavy atom. The molecule has 0 bridgehead atoms. The molecule has 25 heavy (non-hydrogen) atoms. The molecule has 0 fully saturated rings. The fourth-order valence-electron chi connectivity index (χ4n) is 2.26. The fraction of sp³-hybridized carbons (Fsp3) is 0.368. The minimum Gasteiger partial charge on any atom is -0.490 e. The highest BCUT2D eigenvalue weighted by Gasteiger charge is 2.13. The van der Waals surface area contributed by atoms with Gasteiger partial charge in [0, 0.05) is 25.5 Å². The van der Waals surface area contributed by atoms with E-state index in [1.807, 2.05) is 26.0 Å². The number of hydrogen-bond acceptors (Lipinski definition) is 3.